The van der Waals surface area contributed by atoms with Crippen LogP contribution in [0, 0.1) is 18.6 Å². The first-order valence-corrected chi connectivity index (χ1v) is 4.75. The molecule has 0 atom stereocenters. The normalized spacial score (nSPS) is 10.4. The van der Waals surface area contributed by atoms with Gasteiger partial charge in [-0.25, -0.2) is 13.8 Å². The lowest BCUT2D eigenvalue weighted by Gasteiger charge is -2.05. The van der Waals surface area contributed by atoms with E-state index in [0.29, 0.717) is 16.9 Å². The lowest BCUT2D eigenvalue weighted by molar-refractivity contribution is 0.585. The smallest absolute Gasteiger partial charge is 0.133 e. The molecule has 2 nitrogen and oxygen atoms in total. The monoisotopic (exact) mass is 220 g/mol. The van der Waals surface area contributed by atoms with Crippen molar-refractivity contribution in [1.29, 1.82) is 0 Å². The van der Waals surface area contributed by atoms with Crippen LogP contribution >= 0.6 is 0 Å². The van der Waals surface area contributed by atoms with Crippen LogP contribution in [0.1, 0.15) is 5.56 Å². The van der Waals surface area contributed by atoms with E-state index >= 15 is 0 Å². The third-order valence-corrected chi connectivity index (χ3v) is 2.36. The van der Waals surface area contributed by atoms with E-state index in [0.717, 1.165) is 11.6 Å². The number of hydrogen-bond donors (Lipinski definition) is 1. The maximum absolute atomic E-state index is 13.5. The standard InChI is InChI=1S/C12H10F2N2/c1-7-4-8(6-16-12(7)15)10-3-2-9(13)5-11(10)14/h2-6H,1H3,(H2,15,16). The second kappa shape index (κ2) is 3.89. The van der Waals surface area contributed by atoms with E-state index in [1.54, 1.807) is 13.0 Å². The van der Waals surface area contributed by atoms with Crippen molar-refractivity contribution in [1.82, 2.24) is 4.98 Å². The third kappa shape index (κ3) is 1.86. The number of aromatic nitrogens is 1. The minimum Gasteiger partial charge on any atom is -0.383 e. The van der Waals surface area contributed by atoms with E-state index in [2.05, 4.69) is 4.98 Å². The molecule has 0 fully saturated rings. The second-order valence-corrected chi connectivity index (χ2v) is 3.55. The Labute approximate surface area is 91.7 Å². The number of nitrogens with two attached hydrogens (primary N) is 1. The molecule has 0 saturated heterocycles. The molecule has 2 N–H and O–H groups in total. The van der Waals surface area contributed by atoms with Crippen LogP contribution in [0.15, 0.2) is 30.5 Å². The SMILES string of the molecule is Cc1cc(-c2ccc(F)cc2F)cnc1N. The van der Waals surface area contributed by atoms with Gasteiger partial charge in [-0.1, -0.05) is 0 Å². The summed E-state index contributed by atoms with van der Waals surface area (Å²) >= 11 is 0. The molecule has 4 heteroatoms. The summed E-state index contributed by atoms with van der Waals surface area (Å²) in [5.41, 5.74) is 7.23. The highest BCUT2D eigenvalue weighted by Crippen LogP contribution is 2.24. The largest absolute Gasteiger partial charge is 0.383 e. The zero-order valence-corrected chi connectivity index (χ0v) is 8.67. The number of benzene rings is 1. The van der Waals surface area contributed by atoms with E-state index in [1.165, 1.54) is 18.3 Å². The van der Waals surface area contributed by atoms with Crippen LogP contribution in [0.2, 0.25) is 0 Å². The van der Waals surface area contributed by atoms with Crippen molar-refractivity contribution in [2.75, 3.05) is 5.73 Å². The van der Waals surface area contributed by atoms with Crippen molar-refractivity contribution in [3.63, 3.8) is 0 Å². The predicted molar refractivity (Wildman–Crippen MR) is 58.7 cm³/mol. The molecule has 1 aromatic heterocycles. The van der Waals surface area contributed by atoms with Gasteiger partial charge < -0.3 is 5.73 Å². The summed E-state index contributed by atoms with van der Waals surface area (Å²) in [6.07, 6.45) is 1.47. The van der Waals surface area contributed by atoms with Gasteiger partial charge in [0.05, 0.1) is 0 Å². The first kappa shape index (κ1) is 10.5. The molecule has 0 aliphatic heterocycles. The van der Waals surface area contributed by atoms with Crippen molar-refractivity contribution >= 4 is 5.82 Å². The Kier molecular flexibility index (Phi) is 2.56. The highest BCUT2D eigenvalue weighted by molar-refractivity contribution is 5.65. The van der Waals surface area contributed by atoms with E-state index in [-0.39, 0.29) is 0 Å². The van der Waals surface area contributed by atoms with Gasteiger partial charge >= 0.3 is 0 Å². The molecule has 0 aliphatic carbocycles. The van der Waals surface area contributed by atoms with Crippen LogP contribution in [0.5, 0.6) is 0 Å². The third-order valence-electron chi connectivity index (χ3n) is 2.36. The molecule has 82 valence electrons. The van der Waals surface area contributed by atoms with Gasteiger partial charge in [0.25, 0.3) is 0 Å². The average molecular weight is 220 g/mol. The maximum atomic E-state index is 13.5. The molecule has 1 aromatic carbocycles. The van der Waals surface area contributed by atoms with Crippen LogP contribution in [0.3, 0.4) is 0 Å². The van der Waals surface area contributed by atoms with Gasteiger partial charge in [-0.2, -0.15) is 0 Å². The predicted octanol–water partition coefficient (Wildman–Crippen LogP) is 2.92. The average Bonchev–Trinajstić information content (AvgIpc) is 2.22. The van der Waals surface area contributed by atoms with Crippen LogP contribution in [-0.2, 0) is 0 Å². The van der Waals surface area contributed by atoms with E-state index < -0.39 is 11.6 Å². The molecular formula is C12H10F2N2. The molecule has 0 aliphatic rings. The number of nitrogens with zero attached hydrogens (tertiary/aromatic N) is 1. The summed E-state index contributed by atoms with van der Waals surface area (Å²) < 4.78 is 26.2. The Balaban J connectivity index is 2.54. The molecule has 0 unspecified atom stereocenters. The first-order valence-electron chi connectivity index (χ1n) is 4.75. The molecule has 0 spiro atoms. The summed E-state index contributed by atoms with van der Waals surface area (Å²) in [6, 6.07) is 5.17. The fraction of sp³-hybridized carbons (Fsp3) is 0.0833. The second-order valence-electron chi connectivity index (χ2n) is 3.55. The number of rotatable bonds is 1. The van der Waals surface area contributed by atoms with E-state index in [4.69, 9.17) is 5.73 Å². The van der Waals surface area contributed by atoms with Gasteiger partial charge in [0, 0.05) is 23.4 Å². The van der Waals surface area contributed by atoms with Crippen molar-refractivity contribution in [3.8, 4) is 11.1 Å². The molecule has 0 saturated carbocycles. The quantitative estimate of drug-likeness (QED) is 0.802. The highest BCUT2D eigenvalue weighted by atomic mass is 19.1. The van der Waals surface area contributed by atoms with E-state index in [1.807, 2.05) is 0 Å². The minimum absolute atomic E-state index is 0.317. The molecule has 2 aromatic rings. The van der Waals surface area contributed by atoms with Crippen molar-refractivity contribution < 1.29 is 8.78 Å². The van der Waals surface area contributed by atoms with Gasteiger partial charge in [-0.05, 0) is 30.7 Å². The van der Waals surface area contributed by atoms with Crippen LogP contribution in [0.25, 0.3) is 11.1 Å². The molecule has 16 heavy (non-hydrogen) atoms. The van der Waals surface area contributed by atoms with Crippen molar-refractivity contribution in [2.45, 2.75) is 6.92 Å². The van der Waals surface area contributed by atoms with Gasteiger partial charge in [0.2, 0.25) is 0 Å². The van der Waals surface area contributed by atoms with Gasteiger partial charge in [-0.15, -0.1) is 0 Å². The van der Waals surface area contributed by atoms with Crippen molar-refractivity contribution in [2.24, 2.45) is 0 Å². The number of anilines is 1. The summed E-state index contributed by atoms with van der Waals surface area (Å²) in [5.74, 6) is -0.793. The molecule has 0 amide bonds. The van der Waals surface area contributed by atoms with Crippen LogP contribution in [-0.4, -0.2) is 4.98 Å². The number of pyridine rings is 1. The van der Waals surface area contributed by atoms with Crippen molar-refractivity contribution in [3.05, 3.63) is 47.7 Å². The molecule has 0 bridgehead atoms. The summed E-state index contributed by atoms with van der Waals surface area (Å²) in [7, 11) is 0. The lowest BCUT2D eigenvalue weighted by Crippen LogP contribution is -1.95. The highest BCUT2D eigenvalue weighted by Gasteiger charge is 2.07. The van der Waals surface area contributed by atoms with E-state index in [9.17, 15) is 8.78 Å². The number of halogens is 2. The number of aryl methyl sites for hydroxylation is 1. The molecule has 0 radical (unpaired) electrons. The Morgan fingerprint density at radius 3 is 2.56 bits per heavy atom. The molecular weight excluding hydrogens is 210 g/mol. The fourth-order valence-electron chi connectivity index (χ4n) is 1.46. The van der Waals surface area contributed by atoms with Gasteiger partial charge in [0.15, 0.2) is 0 Å². The zero-order valence-electron chi connectivity index (χ0n) is 8.67. The molecule has 2 rings (SSSR count). The number of hydrogen-bond acceptors (Lipinski definition) is 2. The summed E-state index contributed by atoms with van der Waals surface area (Å²) in [5, 5.41) is 0. The zero-order chi connectivity index (χ0) is 11.7. The fourth-order valence-corrected chi connectivity index (χ4v) is 1.46. The molecule has 1 heterocycles. The minimum atomic E-state index is -0.606. The number of nitrogen functional groups attached to an aromatic ring is 1. The maximum Gasteiger partial charge on any atom is 0.133 e. The Morgan fingerprint density at radius 1 is 1.19 bits per heavy atom. The van der Waals surface area contributed by atoms with Gasteiger partial charge in [-0.3, -0.25) is 0 Å². The summed E-state index contributed by atoms with van der Waals surface area (Å²) in [6.45, 7) is 1.78. The Bertz CT molecular complexity index is 539. The Hall–Kier alpha value is -1.97. The summed E-state index contributed by atoms with van der Waals surface area (Å²) in [4.78, 5) is 3.94. The first-order chi connectivity index (χ1) is 7.58. The van der Waals surface area contributed by atoms with Crippen LogP contribution < -0.4 is 5.73 Å². The lowest BCUT2D eigenvalue weighted by atomic mass is 10.1. The Morgan fingerprint density at radius 2 is 1.94 bits per heavy atom. The van der Waals surface area contributed by atoms with Gasteiger partial charge in [0.1, 0.15) is 17.5 Å². The topological polar surface area (TPSA) is 38.9 Å². The van der Waals surface area contributed by atoms with Crippen LogP contribution in [0.4, 0.5) is 14.6 Å².